The van der Waals surface area contributed by atoms with E-state index in [1.807, 2.05) is 0 Å². The molecular formula is C12H13F2N5. The van der Waals surface area contributed by atoms with Crippen LogP contribution in [0.2, 0.25) is 0 Å². The van der Waals surface area contributed by atoms with Crippen molar-refractivity contribution in [2.45, 2.75) is 18.9 Å². The Hall–Kier alpha value is -1.89. The first kappa shape index (κ1) is 12.2. The lowest BCUT2D eigenvalue weighted by molar-refractivity contribution is 0.319. The van der Waals surface area contributed by atoms with Crippen LogP contribution in [0, 0.1) is 11.6 Å². The molecule has 0 radical (unpaired) electrons. The van der Waals surface area contributed by atoms with Crippen LogP contribution < -0.4 is 0 Å². The van der Waals surface area contributed by atoms with Crippen LogP contribution in [0.5, 0.6) is 0 Å². The molecule has 2 heterocycles. The molecule has 19 heavy (non-hydrogen) atoms. The molecule has 0 saturated carbocycles. The van der Waals surface area contributed by atoms with Crippen LogP contribution in [0.3, 0.4) is 0 Å². The lowest BCUT2D eigenvalue weighted by atomic mass is 10.1. The first-order valence-electron chi connectivity index (χ1n) is 6.12. The molecule has 1 atom stereocenters. The predicted octanol–water partition coefficient (Wildman–Crippen LogP) is 1.47. The Morgan fingerprint density at radius 3 is 3.05 bits per heavy atom. The highest BCUT2D eigenvalue weighted by atomic mass is 19.1. The molecule has 7 heteroatoms. The highest BCUT2D eigenvalue weighted by molar-refractivity contribution is 5.19. The van der Waals surface area contributed by atoms with Crippen molar-refractivity contribution in [3.63, 3.8) is 0 Å². The fourth-order valence-electron chi connectivity index (χ4n) is 2.43. The third-order valence-corrected chi connectivity index (χ3v) is 3.40. The van der Waals surface area contributed by atoms with Gasteiger partial charge < -0.3 is 0 Å². The standard InChI is InChI=1S/C12H13F2N5/c13-10-1-2-11(14)9(5-10)7-19-4-3-8(6-19)12-15-17-18-16-12/h1-2,5,8H,3-4,6-7H2,(H,15,16,17,18). The Bertz CT molecular complexity index is 557. The van der Waals surface area contributed by atoms with E-state index in [0.717, 1.165) is 31.6 Å². The molecule has 0 spiro atoms. The van der Waals surface area contributed by atoms with E-state index < -0.39 is 5.82 Å². The van der Waals surface area contributed by atoms with Crippen molar-refractivity contribution in [1.29, 1.82) is 0 Å². The molecule has 100 valence electrons. The summed E-state index contributed by atoms with van der Waals surface area (Å²) in [6.45, 7) is 1.95. The number of hydrogen-bond donors (Lipinski definition) is 1. The predicted molar refractivity (Wildman–Crippen MR) is 63.2 cm³/mol. The number of H-pyrrole nitrogens is 1. The van der Waals surface area contributed by atoms with Gasteiger partial charge in [0.1, 0.15) is 11.6 Å². The first-order valence-corrected chi connectivity index (χ1v) is 6.12. The summed E-state index contributed by atoms with van der Waals surface area (Å²) < 4.78 is 26.7. The molecule has 5 nitrogen and oxygen atoms in total. The van der Waals surface area contributed by atoms with E-state index in [4.69, 9.17) is 0 Å². The molecule has 1 aromatic heterocycles. The van der Waals surface area contributed by atoms with Gasteiger partial charge in [-0.3, -0.25) is 4.90 Å². The van der Waals surface area contributed by atoms with Crippen LogP contribution in [0.1, 0.15) is 23.7 Å². The summed E-state index contributed by atoms with van der Waals surface area (Å²) in [6.07, 6.45) is 0.899. The van der Waals surface area contributed by atoms with E-state index in [-0.39, 0.29) is 11.7 Å². The second-order valence-electron chi connectivity index (χ2n) is 4.73. The number of benzene rings is 1. The van der Waals surface area contributed by atoms with Gasteiger partial charge >= 0.3 is 0 Å². The van der Waals surface area contributed by atoms with Crippen LogP contribution in [0.4, 0.5) is 8.78 Å². The van der Waals surface area contributed by atoms with Crippen molar-refractivity contribution in [1.82, 2.24) is 25.5 Å². The van der Waals surface area contributed by atoms with Gasteiger partial charge in [0.2, 0.25) is 0 Å². The van der Waals surface area contributed by atoms with Gasteiger partial charge in [-0.2, -0.15) is 5.21 Å². The number of tetrazole rings is 1. The van der Waals surface area contributed by atoms with E-state index >= 15 is 0 Å². The third kappa shape index (κ3) is 2.60. The van der Waals surface area contributed by atoms with Crippen LogP contribution in [0.15, 0.2) is 18.2 Å². The number of likely N-dealkylation sites (tertiary alicyclic amines) is 1. The monoisotopic (exact) mass is 265 g/mol. The summed E-state index contributed by atoms with van der Waals surface area (Å²) in [5, 5.41) is 13.9. The topological polar surface area (TPSA) is 57.7 Å². The molecule has 0 aliphatic carbocycles. The van der Waals surface area contributed by atoms with Crippen LogP contribution >= 0.6 is 0 Å². The summed E-state index contributed by atoms with van der Waals surface area (Å²) in [6, 6.07) is 3.54. The second-order valence-corrected chi connectivity index (χ2v) is 4.73. The smallest absolute Gasteiger partial charge is 0.178 e. The average molecular weight is 265 g/mol. The maximum absolute atomic E-state index is 13.6. The first-order chi connectivity index (χ1) is 9.22. The summed E-state index contributed by atoms with van der Waals surface area (Å²) in [7, 11) is 0. The number of rotatable bonds is 3. The zero-order chi connectivity index (χ0) is 13.2. The Morgan fingerprint density at radius 2 is 2.26 bits per heavy atom. The summed E-state index contributed by atoms with van der Waals surface area (Å²) in [5.74, 6) is 0.104. The molecule has 1 aromatic carbocycles. The molecule has 0 amide bonds. The van der Waals surface area contributed by atoms with Gasteiger partial charge in [0.15, 0.2) is 5.82 Å². The molecule has 1 aliphatic heterocycles. The maximum atomic E-state index is 13.6. The van der Waals surface area contributed by atoms with E-state index in [9.17, 15) is 8.78 Å². The number of nitrogens with zero attached hydrogens (tertiary/aromatic N) is 4. The fraction of sp³-hybridized carbons (Fsp3) is 0.417. The molecular weight excluding hydrogens is 252 g/mol. The molecule has 1 aliphatic rings. The van der Waals surface area contributed by atoms with E-state index in [0.29, 0.717) is 17.9 Å². The van der Waals surface area contributed by atoms with Gasteiger partial charge in [0, 0.05) is 24.6 Å². The van der Waals surface area contributed by atoms with Crippen molar-refractivity contribution < 1.29 is 8.78 Å². The largest absolute Gasteiger partial charge is 0.298 e. The van der Waals surface area contributed by atoms with Gasteiger partial charge in [0.25, 0.3) is 0 Å². The van der Waals surface area contributed by atoms with Crippen molar-refractivity contribution in [2.24, 2.45) is 0 Å². The van der Waals surface area contributed by atoms with Crippen LogP contribution in [0.25, 0.3) is 0 Å². The minimum atomic E-state index is -0.412. The van der Waals surface area contributed by atoms with Gasteiger partial charge in [0.05, 0.1) is 0 Å². The van der Waals surface area contributed by atoms with E-state index in [1.165, 1.54) is 6.07 Å². The minimum absolute atomic E-state index is 0.204. The quantitative estimate of drug-likeness (QED) is 0.913. The van der Waals surface area contributed by atoms with E-state index in [2.05, 4.69) is 25.5 Å². The molecule has 3 rings (SSSR count). The van der Waals surface area contributed by atoms with Crippen LogP contribution in [-0.2, 0) is 6.54 Å². The Morgan fingerprint density at radius 1 is 1.37 bits per heavy atom. The molecule has 1 saturated heterocycles. The zero-order valence-corrected chi connectivity index (χ0v) is 10.2. The summed E-state index contributed by atoms with van der Waals surface area (Å²) in [4.78, 5) is 2.07. The van der Waals surface area contributed by atoms with Crippen molar-refractivity contribution >= 4 is 0 Å². The van der Waals surface area contributed by atoms with Gasteiger partial charge in [-0.1, -0.05) is 5.21 Å². The van der Waals surface area contributed by atoms with Gasteiger partial charge in [-0.15, -0.1) is 10.2 Å². The van der Waals surface area contributed by atoms with Gasteiger partial charge in [-0.05, 0) is 31.2 Å². The lowest BCUT2D eigenvalue weighted by Crippen LogP contribution is -2.20. The zero-order valence-electron chi connectivity index (χ0n) is 10.2. The van der Waals surface area contributed by atoms with E-state index in [1.54, 1.807) is 0 Å². The number of aromatic nitrogens is 4. The highest BCUT2D eigenvalue weighted by Crippen LogP contribution is 2.25. The number of nitrogens with one attached hydrogen (secondary N) is 1. The SMILES string of the molecule is Fc1ccc(F)c(CN2CCC(c3nn[nH]n3)C2)c1. The Labute approximate surface area is 108 Å². The molecule has 2 aromatic rings. The molecule has 1 unspecified atom stereocenters. The molecule has 1 N–H and O–H groups in total. The summed E-state index contributed by atoms with van der Waals surface area (Å²) in [5.41, 5.74) is 0.383. The maximum Gasteiger partial charge on any atom is 0.178 e. The third-order valence-electron chi connectivity index (χ3n) is 3.40. The Kier molecular flexibility index (Phi) is 3.20. The fourth-order valence-corrected chi connectivity index (χ4v) is 2.43. The highest BCUT2D eigenvalue weighted by Gasteiger charge is 2.27. The van der Waals surface area contributed by atoms with Crippen LogP contribution in [-0.4, -0.2) is 38.6 Å². The summed E-state index contributed by atoms with van der Waals surface area (Å²) >= 11 is 0. The van der Waals surface area contributed by atoms with Crippen molar-refractivity contribution in [2.75, 3.05) is 13.1 Å². The second kappa shape index (κ2) is 5.00. The number of hydrogen-bond acceptors (Lipinski definition) is 4. The molecule has 0 bridgehead atoms. The number of halogens is 2. The van der Waals surface area contributed by atoms with Gasteiger partial charge in [-0.25, -0.2) is 8.78 Å². The lowest BCUT2D eigenvalue weighted by Gasteiger charge is -2.15. The Balaban J connectivity index is 1.67. The molecule has 1 fully saturated rings. The average Bonchev–Trinajstić information content (AvgIpc) is 3.04. The van der Waals surface area contributed by atoms with Crippen molar-refractivity contribution in [3.05, 3.63) is 41.2 Å². The minimum Gasteiger partial charge on any atom is -0.298 e. The number of aromatic amines is 1. The normalized spacial score (nSPS) is 20.0. The van der Waals surface area contributed by atoms with Crippen molar-refractivity contribution in [3.8, 4) is 0 Å².